The van der Waals surface area contributed by atoms with Gasteiger partial charge >= 0.3 is 0 Å². The van der Waals surface area contributed by atoms with Gasteiger partial charge in [0.15, 0.2) is 0 Å². The normalized spacial score (nSPS) is 10.2. The summed E-state index contributed by atoms with van der Waals surface area (Å²) in [6.07, 6.45) is 8.96. The molecule has 197 valence electrons. The van der Waals surface area contributed by atoms with Crippen LogP contribution in [0.4, 0.5) is 0 Å². The van der Waals surface area contributed by atoms with Crippen LogP contribution in [0, 0.1) is 0 Å². The van der Waals surface area contributed by atoms with Gasteiger partial charge in [-0.3, -0.25) is 14.2 Å². The largest absolute Gasteiger partial charge is 0.494 e. The van der Waals surface area contributed by atoms with Gasteiger partial charge in [0.2, 0.25) is 18.8 Å². The third-order valence-corrected chi connectivity index (χ3v) is 7.11. The highest BCUT2D eigenvalue weighted by Crippen LogP contribution is 2.32. The van der Waals surface area contributed by atoms with E-state index in [0.717, 1.165) is 49.2 Å². The summed E-state index contributed by atoms with van der Waals surface area (Å²) in [7, 11) is -2.62. The zero-order valence-electron chi connectivity index (χ0n) is 22.4. The van der Waals surface area contributed by atoms with E-state index in [1.165, 1.54) is 25.7 Å². The summed E-state index contributed by atoms with van der Waals surface area (Å²) in [5, 5.41) is 0. The third kappa shape index (κ3) is 10.8. The predicted molar refractivity (Wildman–Crippen MR) is 153 cm³/mol. The summed E-state index contributed by atoms with van der Waals surface area (Å²) in [6.45, 7) is 7.24. The molecule has 0 fully saturated rings. The van der Waals surface area contributed by atoms with Crippen LogP contribution in [-0.2, 0) is 17.4 Å². The molecule has 0 aliphatic carbocycles. The Balaban J connectivity index is 0.000000312. The summed E-state index contributed by atoms with van der Waals surface area (Å²) >= 11 is 0. The van der Waals surface area contributed by atoms with Crippen LogP contribution >= 0.6 is 7.80 Å². The molecule has 5 heteroatoms. The number of benzene rings is 3. The van der Waals surface area contributed by atoms with Crippen molar-refractivity contribution in [2.45, 2.75) is 72.1 Å². The van der Waals surface area contributed by atoms with Crippen molar-refractivity contribution in [3.8, 4) is 5.75 Å². The van der Waals surface area contributed by atoms with Crippen molar-refractivity contribution in [3.63, 3.8) is 0 Å². The second-order valence-corrected chi connectivity index (χ2v) is 10.4. The average molecular weight is 520 g/mol. The molecule has 0 unspecified atom stereocenters. The molecule has 0 aromatic heterocycles. The zero-order chi connectivity index (χ0) is 26.9. The fraction of sp³-hybridized carbons (Fsp3) is 0.375. The van der Waals surface area contributed by atoms with Crippen LogP contribution < -0.4 is 4.74 Å². The second-order valence-electron chi connectivity index (χ2n) is 9.02. The minimum atomic E-state index is -2.62. The molecule has 3 rings (SSSR count). The van der Waals surface area contributed by atoms with Crippen LogP contribution in [0.2, 0.25) is 0 Å². The molecule has 0 N–H and O–H groups in total. The number of hydrogen-bond acceptors (Lipinski definition) is 4. The van der Waals surface area contributed by atoms with Crippen LogP contribution in [0.15, 0.2) is 78.9 Å². The Morgan fingerprint density at radius 3 is 1.54 bits per heavy atom. The molecule has 0 aliphatic heterocycles. The van der Waals surface area contributed by atoms with Gasteiger partial charge in [-0.1, -0.05) is 120 Å². The first-order valence-electron chi connectivity index (χ1n) is 13.4. The Morgan fingerprint density at radius 1 is 0.622 bits per heavy atom. The molecule has 0 saturated heterocycles. The van der Waals surface area contributed by atoms with Crippen molar-refractivity contribution in [3.05, 3.63) is 101 Å². The molecule has 0 spiro atoms. The smallest absolute Gasteiger partial charge is 0.249 e. The highest BCUT2D eigenvalue weighted by atomic mass is 31.1. The van der Waals surface area contributed by atoms with Gasteiger partial charge in [-0.15, -0.1) is 0 Å². The van der Waals surface area contributed by atoms with E-state index < -0.39 is 18.8 Å². The Labute approximate surface area is 223 Å². The van der Waals surface area contributed by atoms with Gasteiger partial charge in [0.1, 0.15) is 5.75 Å². The Morgan fingerprint density at radius 2 is 1.11 bits per heavy atom. The van der Waals surface area contributed by atoms with Crippen LogP contribution in [0.1, 0.15) is 91.1 Å². The topological polar surface area (TPSA) is 60.4 Å². The van der Waals surface area contributed by atoms with E-state index in [1.54, 1.807) is 24.3 Å². The van der Waals surface area contributed by atoms with E-state index >= 15 is 0 Å². The summed E-state index contributed by atoms with van der Waals surface area (Å²) in [5.41, 5.74) is 1.70. The predicted octanol–water partition coefficient (Wildman–Crippen LogP) is 9.05. The number of carbonyl (C=O) groups is 2. The first kappa shape index (κ1) is 30.1. The minimum absolute atomic E-state index is 0.326. The lowest BCUT2D eigenvalue weighted by Gasteiger charge is -2.04. The first-order valence-corrected chi connectivity index (χ1v) is 14.7. The number of carbonyl (C=O) groups excluding carboxylic acids is 2. The number of rotatable bonds is 14. The van der Waals surface area contributed by atoms with Gasteiger partial charge in [-0.25, -0.2) is 0 Å². The molecule has 0 bridgehead atoms. The molecule has 3 aromatic rings. The SMILES string of the molecule is CCCCCCOc1ccccc1.CCCc1ccc(C(=O)[P](=O)C(=O)c2ccc(CCC)cc2)cc1. The number of hydrogen-bond donors (Lipinski definition) is 0. The van der Waals surface area contributed by atoms with Gasteiger partial charge in [0, 0.05) is 11.1 Å². The van der Waals surface area contributed by atoms with Crippen LogP contribution in [0.5, 0.6) is 5.75 Å². The molecule has 0 aliphatic rings. The van der Waals surface area contributed by atoms with Crippen LogP contribution in [-0.4, -0.2) is 17.7 Å². The van der Waals surface area contributed by atoms with E-state index in [2.05, 4.69) is 20.8 Å². The van der Waals surface area contributed by atoms with Crippen molar-refractivity contribution in [2.24, 2.45) is 0 Å². The maximum atomic E-state index is 12.3. The number of aryl methyl sites for hydroxylation is 2. The van der Waals surface area contributed by atoms with Crippen molar-refractivity contribution < 1.29 is 18.9 Å². The molecule has 0 saturated carbocycles. The van der Waals surface area contributed by atoms with Gasteiger partial charge in [-0.05, 0) is 42.5 Å². The average Bonchev–Trinajstić information content (AvgIpc) is 2.94. The summed E-state index contributed by atoms with van der Waals surface area (Å²) in [4.78, 5) is 24.6. The van der Waals surface area contributed by atoms with Gasteiger partial charge in [0.25, 0.3) is 0 Å². The zero-order valence-corrected chi connectivity index (χ0v) is 23.3. The van der Waals surface area contributed by atoms with Gasteiger partial charge in [-0.2, -0.15) is 0 Å². The molecule has 37 heavy (non-hydrogen) atoms. The van der Waals surface area contributed by atoms with E-state index in [4.69, 9.17) is 4.74 Å². The minimum Gasteiger partial charge on any atom is -0.494 e. The monoisotopic (exact) mass is 519 g/mol. The van der Waals surface area contributed by atoms with E-state index in [0.29, 0.717) is 11.1 Å². The van der Waals surface area contributed by atoms with Crippen molar-refractivity contribution in [1.82, 2.24) is 0 Å². The van der Waals surface area contributed by atoms with Gasteiger partial charge < -0.3 is 4.74 Å². The molecular weight excluding hydrogens is 479 g/mol. The van der Waals surface area contributed by atoms with E-state index in [-0.39, 0.29) is 0 Å². The van der Waals surface area contributed by atoms with E-state index in [9.17, 15) is 14.2 Å². The highest BCUT2D eigenvalue weighted by molar-refractivity contribution is 7.80. The van der Waals surface area contributed by atoms with Gasteiger partial charge in [0.05, 0.1) is 6.61 Å². The van der Waals surface area contributed by atoms with Crippen LogP contribution in [0.3, 0.4) is 0 Å². The molecule has 1 radical (unpaired) electrons. The number of para-hydroxylation sites is 1. The molecule has 4 nitrogen and oxygen atoms in total. The van der Waals surface area contributed by atoms with Crippen molar-refractivity contribution >= 4 is 18.8 Å². The first-order chi connectivity index (χ1) is 18.0. The quantitative estimate of drug-likeness (QED) is 0.157. The Kier molecular flexibility index (Phi) is 14.1. The lowest BCUT2D eigenvalue weighted by Crippen LogP contribution is -2.02. The molecule has 0 amide bonds. The van der Waals surface area contributed by atoms with Crippen molar-refractivity contribution in [2.75, 3.05) is 6.61 Å². The molecule has 0 atom stereocenters. The highest BCUT2D eigenvalue weighted by Gasteiger charge is 2.24. The fourth-order valence-electron chi connectivity index (χ4n) is 3.77. The number of ether oxygens (including phenoxy) is 1. The van der Waals surface area contributed by atoms with Crippen molar-refractivity contribution in [1.29, 1.82) is 0 Å². The Bertz CT molecular complexity index is 1030. The lowest BCUT2D eigenvalue weighted by atomic mass is 10.1. The van der Waals surface area contributed by atoms with Crippen LogP contribution in [0.25, 0.3) is 0 Å². The molecule has 3 aromatic carbocycles. The second kappa shape index (κ2) is 17.4. The maximum absolute atomic E-state index is 12.3. The van der Waals surface area contributed by atoms with E-state index in [1.807, 2.05) is 54.6 Å². The maximum Gasteiger partial charge on any atom is 0.249 e. The fourth-order valence-corrected chi connectivity index (χ4v) is 4.72. The third-order valence-electron chi connectivity index (χ3n) is 5.86. The Hall–Kier alpha value is -3.10. The standard InChI is InChI=1S/C20H22O3P.C12H18O/c1-3-5-15-7-11-17(12-8-15)19(21)24(23)20(22)18-13-9-16(6-4-2)10-14-18;1-2-3-4-8-11-13-12-9-6-5-7-10-12/h7-14H,3-6H2,1-2H3;5-7,9-10H,2-4,8,11H2,1H3. The lowest BCUT2D eigenvalue weighted by molar-refractivity contribution is 0.104. The molecule has 0 heterocycles. The number of unbranched alkanes of at least 4 members (excludes halogenated alkanes) is 3. The summed E-state index contributed by atoms with van der Waals surface area (Å²) < 4.78 is 17.9. The summed E-state index contributed by atoms with van der Waals surface area (Å²) in [5.74, 6) is 0.985. The molecular formula is C32H40O4P. The summed E-state index contributed by atoms with van der Waals surface area (Å²) in [6, 6.07) is 24.0.